The van der Waals surface area contributed by atoms with Crippen LogP contribution in [0.5, 0.6) is 0 Å². The van der Waals surface area contributed by atoms with Crippen LogP contribution >= 0.6 is 0 Å². The number of aliphatic hydroxyl groups excluding tert-OH is 1. The molecule has 2 heterocycles. The Hall–Kier alpha value is -0.840. The van der Waals surface area contributed by atoms with Crippen LogP contribution in [0.4, 0.5) is 0 Å². The first-order chi connectivity index (χ1) is 6.86. The van der Waals surface area contributed by atoms with E-state index in [0.717, 1.165) is 26.2 Å². The van der Waals surface area contributed by atoms with E-state index in [9.17, 15) is 5.11 Å². The Morgan fingerprint density at radius 2 is 2.29 bits per heavy atom. The number of hydrogen-bond donors (Lipinski definition) is 2. The molecule has 1 aromatic rings. The molecule has 14 heavy (non-hydrogen) atoms. The van der Waals surface area contributed by atoms with Gasteiger partial charge in [0, 0.05) is 32.7 Å². The van der Waals surface area contributed by atoms with Gasteiger partial charge >= 0.3 is 0 Å². The molecule has 2 N–H and O–H groups in total. The minimum atomic E-state index is -0.497. The fourth-order valence-corrected chi connectivity index (χ4v) is 1.71. The Balaban J connectivity index is 1.84. The van der Waals surface area contributed by atoms with Gasteiger partial charge in [0.2, 0.25) is 0 Å². The highest BCUT2D eigenvalue weighted by Crippen LogP contribution is 2.14. The Morgan fingerprint density at radius 1 is 1.50 bits per heavy atom. The quantitative estimate of drug-likeness (QED) is 0.726. The van der Waals surface area contributed by atoms with Crippen LogP contribution in [0, 0.1) is 0 Å². The summed E-state index contributed by atoms with van der Waals surface area (Å²) in [5.74, 6) is 0.656. The van der Waals surface area contributed by atoms with Gasteiger partial charge in [0.05, 0.1) is 6.26 Å². The molecule has 0 bridgehead atoms. The molecule has 1 fully saturated rings. The SMILES string of the molecule is O[C@@H](CN1CCNCC1)c1ccco1. The molecule has 1 aliphatic heterocycles. The van der Waals surface area contributed by atoms with Gasteiger partial charge in [0.15, 0.2) is 0 Å². The third-order valence-electron chi connectivity index (χ3n) is 2.51. The predicted octanol–water partition coefficient (Wildman–Crippen LogP) is 0.218. The summed E-state index contributed by atoms with van der Waals surface area (Å²) in [5.41, 5.74) is 0. The molecule has 78 valence electrons. The van der Waals surface area contributed by atoms with Gasteiger partial charge in [0.1, 0.15) is 11.9 Å². The second kappa shape index (κ2) is 4.59. The third-order valence-corrected chi connectivity index (χ3v) is 2.51. The number of nitrogens with zero attached hydrogens (tertiary/aromatic N) is 1. The minimum Gasteiger partial charge on any atom is -0.467 e. The molecule has 0 amide bonds. The van der Waals surface area contributed by atoms with Gasteiger partial charge in [0.25, 0.3) is 0 Å². The number of nitrogens with one attached hydrogen (secondary N) is 1. The zero-order valence-electron chi connectivity index (χ0n) is 8.15. The van der Waals surface area contributed by atoms with Gasteiger partial charge in [-0.1, -0.05) is 0 Å². The van der Waals surface area contributed by atoms with Crippen LogP contribution in [0.15, 0.2) is 22.8 Å². The molecule has 1 aromatic heterocycles. The Morgan fingerprint density at radius 3 is 2.93 bits per heavy atom. The van der Waals surface area contributed by atoms with Gasteiger partial charge < -0.3 is 14.8 Å². The van der Waals surface area contributed by atoms with Crippen LogP contribution < -0.4 is 5.32 Å². The first-order valence-electron chi connectivity index (χ1n) is 5.01. The van der Waals surface area contributed by atoms with Crippen molar-refractivity contribution in [1.82, 2.24) is 10.2 Å². The molecule has 0 spiro atoms. The number of hydrogen-bond acceptors (Lipinski definition) is 4. The molecule has 0 aromatic carbocycles. The molecule has 0 aliphatic carbocycles. The molecule has 4 nitrogen and oxygen atoms in total. The molecule has 0 radical (unpaired) electrons. The van der Waals surface area contributed by atoms with E-state index in [2.05, 4.69) is 10.2 Å². The maximum absolute atomic E-state index is 9.81. The maximum atomic E-state index is 9.81. The van der Waals surface area contributed by atoms with Crippen molar-refractivity contribution in [2.75, 3.05) is 32.7 Å². The number of aliphatic hydroxyl groups is 1. The van der Waals surface area contributed by atoms with E-state index in [-0.39, 0.29) is 0 Å². The number of furan rings is 1. The summed E-state index contributed by atoms with van der Waals surface area (Å²) in [6.45, 7) is 4.67. The van der Waals surface area contributed by atoms with Crippen LogP contribution in [-0.2, 0) is 0 Å². The Kier molecular flexibility index (Phi) is 3.18. The number of β-amino-alcohol motifs (C(OH)–C–C–N with tert-alkyl or cyclic N) is 1. The zero-order valence-corrected chi connectivity index (χ0v) is 8.15. The fourth-order valence-electron chi connectivity index (χ4n) is 1.71. The van der Waals surface area contributed by atoms with E-state index in [4.69, 9.17) is 4.42 Å². The minimum absolute atomic E-state index is 0.497. The van der Waals surface area contributed by atoms with Crippen molar-refractivity contribution < 1.29 is 9.52 Å². The van der Waals surface area contributed by atoms with E-state index >= 15 is 0 Å². The fraction of sp³-hybridized carbons (Fsp3) is 0.600. The topological polar surface area (TPSA) is 48.6 Å². The lowest BCUT2D eigenvalue weighted by atomic mass is 10.2. The zero-order chi connectivity index (χ0) is 9.80. The van der Waals surface area contributed by atoms with Gasteiger partial charge in [-0.15, -0.1) is 0 Å². The van der Waals surface area contributed by atoms with Crippen molar-refractivity contribution >= 4 is 0 Å². The Bertz CT molecular complexity index is 255. The molecule has 0 saturated carbocycles. The lowest BCUT2D eigenvalue weighted by molar-refractivity contribution is 0.0884. The first kappa shape index (κ1) is 9.71. The van der Waals surface area contributed by atoms with E-state index in [0.29, 0.717) is 12.3 Å². The summed E-state index contributed by atoms with van der Waals surface area (Å²) >= 11 is 0. The summed E-state index contributed by atoms with van der Waals surface area (Å²) in [6, 6.07) is 3.61. The van der Waals surface area contributed by atoms with Crippen LogP contribution in [0.2, 0.25) is 0 Å². The van der Waals surface area contributed by atoms with E-state index in [1.807, 2.05) is 6.07 Å². The van der Waals surface area contributed by atoms with Crippen molar-refractivity contribution in [3.63, 3.8) is 0 Å². The van der Waals surface area contributed by atoms with Crippen LogP contribution in [0.25, 0.3) is 0 Å². The Labute approximate surface area is 83.5 Å². The molecule has 2 rings (SSSR count). The molecular weight excluding hydrogens is 180 g/mol. The monoisotopic (exact) mass is 196 g/mol. The molecule has 0 unspecified atom stereocenters. The summed E-state index contributed by atoms with van der Waals surface area (Å²) in [5, 5.41) is 13.1. The number of piperazine rings is 1. The van der Waals surface area contributed by atoms with Crippen molar-refractivity contribution in [2.24, 2.45) is 0 Å². The molecule has 1 saturated heterocycles. The van der Waals surface area contributed by atoms with E-state index < -0.39 is 6.10 Å². The van der Waals surface area contributed by atoms with Crippen molar-refractivity contribution in [3.05, 3.63) is 24.2 Å². The smallest absolute Gasteiger partial charge is 0.133 e. The standard InChI is InChI=1S/C10H16N2O2/c13-9(10-2-1-7-14-10)8-12-5-3-11-4-6-12/h1-2,7,9,11,13H,3-6,8H2/t9-/m0/s1. The lowest BCUT2D eigenvalue weighted by Crippen LogP contribution is -2.44. The van der Waals surface area contributed by atoms with Gasteiger partial charge in [-0.25, -0.2) is 0 Å². The highest BCUT2D eigenvalue weighted by Gasteiger charge is 2.16. The van der Waals surface area contributed by atoms with Crippen molar-refractivity contribution in [2.45, 2.75) is 6.10 Å². The van der Waals surface area contributed by atoms with Crippen molar-refractivity contribution in [1.29, 1.82) is 0 Å². The molecular formula is C10H16N2O2. The van der Waals surface area contributed by atoms with Gasteiger partial charge in [-0.05, 0) is 12.1 Å². The van der Waals surface area contributed by atoms with Crippen LogP contribution in [0.1, 0.15) is 11.9 Å². The lowest BCUT2D eigenvalue weighted by Gasteiger charge is -2.28. The largest absolute Gasteiger partial charge is 0.467 e. The maximum Gasteiger partial charge on any atom is 0.133 e. The summed E-state index contributed by atoms with van der Waals surface area (Å²) in [7, 11) is 0. The third kappa shape index (κ3) is 2.35. The highest BCUT2D eigenvalue weighted by molar-refractivity contribution is 5.02. The summed E-state index contributed by atoms with van der Waals surface area (Å²) in [6.07, 6.45) is 1.10. The summed E-state index contributed by atoms with van der Waals surface area (Å²) < 4.78 is 5.14. The second-order valence-corrected chi connectivity index (χ2v) is 3.58. The average Bonchev–Trinajstić information content (AvgIpc) is 2.72. The van der Waals surface area contributed by atoms with Gasteiger partial charge in [-0.2, -0.15) is 0 Å². The normalized spacial score (nSPS) is 20.9. The molecule has 1 atom stereocenters. The molecule has 1 aliphatic rings. The molecule has 4 heteroatoms. The predicted molar refractivity (Wildman–Crippen MR) is 53.0 cm³/mol. The second-order valence-electron chi connectivity index (χ2n) is 3.58. The van der Waals surface area contributed by atoms with E-state index in [1.54, 1.807) is 12.3 Å². The highest BCUT2D eigenvalue weighted by atomic mass is 16.4. The van der Waals surface area contributed by atoms with E-state index in [1.165, 1.54) is 0 Å². The number of rotatable bonds is 3. The van der Waals surface area contributed by atoms with Crippen molar-refractivity contribution in [3.8, 4) is 0 Å². The van der Waals surface area contributed by atoms with Crippen LogP contribution in [-0.4, -0.2) is 42.7 Å². The first-order valence-corrected chi connectivity index (χ1v) is 5.01. The summed E-state index contributed by atoms with van der Waals surface area (Å²) in [4.78, 5) is 2.24. The van der Waals surface area contributed by atoms with Crippen LogP contribution in [0.3, 0.4) is 0 Å². The van der Waals surface area contributed by atoms with Gasteiger partial charge in [-0.3, -0.25) is 4.90 Å². The average molecular weight is 196 g/mol.